The monoisotopic (exact) mass is 265 g/mol. The molecule has 1 heterocycles. The number of benzene rings is 1. The van der Waals surface area contributed by atoms with Crippen molar-refractivity contribution in [3.8, 4) is 10.6 Å². The highest BCUT2D eigenvalue weighted by atomic mass is 35.5. The van der Waals surface area contributed by atoms with E-state index >= 15 is 0 Å². The summed E-state index contributed by atoms with van der Waals surface area (Å²) in [5.41, 5.74) is 3.90. The Kier molecular flexibility index (Phi) is 3.60. The number of ketones is 1. The first kappa shape index (κ1) is 12.3. The number of halogens is 1. The normalized spacial score (nSPS) is 10.5. The quantitative estimate of drug-likeness (QED) is 0.623. The molecule has 0 aliphatic carbocycles. The second kappa shape index (κ2) is 4.98. The third-order valence-electron chi connectivity index (χ3n) is 2.38. The molecule has 0 fully saturated rings. The van der Waals surface area contributed by atoms with E-state index < -0.39 is 0 Å². The molecule has 0 saturated heterocycles. The molecule has 0 amide bonds. The maximum atomic E-state index is 11.4. The molecule has 88 valence electrons. The van der Waals surface area contributed by atoms with Crippen molar-refractivity contribution in [1.29, 1.82) is 0 Å². The van der Waals surface area contributed by atoms with Crippen molar-refractivity contribution in [3.05, 3.63) is 40.4 Å². The van der Waals surface area contributed by atoms with Crippen molar-refractivity contribution >= 4 is 28.7 Å². The summed E-state index contributed by atoms with van der Waals surface area (Å²) in [5, 5.41) is 2.63. The van der Waals surface area contributed by atoms with E-state index in [1.807, 2.05) is 0 Å². The van der Waals surface area contributed by atoms with Gasteiger partial charge in [-0.1, -0.05) is 17.2 Å². The maximum absolute atomic E-state index is 11.4. The number of carbonyl (C=O) groups excluding carboxylic acids is 1. The molecule has 0 saturated carbocycles. The molecule has 0 atom stereocenters. The summed E-state index contributed by atoms with van der Waals surface area (Å²) in [4.78, 5) is 15.7. The molecule has 1 aromatic heterocycles. The Morgan fingerprint density at radius 2 is 1.94 bits per heavy atom. The molecule has 2 nitrogen and oxygen atoms in total. The van der Waals surface area contributed by atoms with Gasteiger partial charge in [0.2, 0.25) is 0 Å². The van der Waals surface area contributed by atoms with Crippen LogP contribution in [0.3, 0.4) is 0 Å². The fourth-order valence-electron chi connectivity index (χ4n) is 1.70. The maximum Gasteiger partial charge on any atom is 0.196 e. The average Bonchev–Trinajstić information content (AvgIpc) is 2.76. The van der Waals surface area contributed by atoms with Crippen LogP contribution in [0.4, 0.5) is 0 Å². The Morgan fingerprint density at radius 3 is 2.53 bits per heavy atom. The van der Waals surface area contributed by atoms with Crippen LogP contribution in [0.25, 0.3) is 10.6 Å². The number of rotatable bonds is 3. The van der Waals surface area contributed by atoms with E-state index in [1.54, 1.807) is 5.38 Å². The summed E-state index contributed by atoms with van der Waals surface area (Å²) in [5.74, 6) is -0.144. The van der Waals surface area contributed by atoms with Crippen LogP contribution in [0.15, 0.2) is 23.6 Å². The molecule has 0 aliphatic rings. The zero-order chi connectivity index (χ0) is 12.4. The number of carbonyl (C=O) groups is 1. The molecule has 4 heteroatoms. The molecule has 0 radical (unpaired) electrons. The third kappa shape index (κ3) is 2.73. The van der Waals surface area contributed by atoms with E-state index in [2.05, 4.69) is 37.0 Å². The van der Waals surface area contributed by atoms with Gasteiger partial charge in [-0.2, -0.15) is 0 Å². The largest absolute Gasteiger partial charge is 0.291 e. The second-order valence-corrected chi connectivity index (χ2v) is 5.10. The molecular formula is C13H12ClNOS. The van der Waals surface area contributed by atoms with E-state index in [1.165, 1.54) is 22.5 Å². The fourth-order valence-corrected chi connectivity index (χ4v) is 2.65. The lowest BCUT2D eigenvalue weighted by molar-refractivity contribution is 0.101. The van der Waals surface area contributed by atoms with Crippen LogP contribution < -0.4 is 0 Å². The van der Waals surface area contributed by atoms with Crippen molar-refractivity contribution in [1.82, 2.24) is 4.98 Å². The Labute approximate surface area is 109 Å². The Balaban J connectivity index is 2.40. The second-order valence-electron chi connectivity index (χ2n) is 3.97. The molecule has 0 N–H and O–H groups in total. The van der Waals surface area contributed by atoms with Crippen LogP contribution in [0, 0.1) is 13.8 Å². The van der Waals surface area contributed by atoms with Gasteiger partial charge in [0.25, 0.3) is 0 Å². The molecule has 17 heavy (non-hydrogen) atoms. The first-order valence-corrected chi connectivity index (χ1v) is 6.65. The van der Waals surface area contributed by atoms with Gasteiger partial charge in [-0.05, 0) is 26.0 Å². The molecule has 0 unspecified atom stereocenters. The minimum Gasteiger partial charge on any atom is -0.291 e. The fraction of sp³-hybridized carbons (Fsp3) is 0.231. The van der Waals surface area contributed by atoms with E-state index in [-0.39, 0.29) is 11.7 Å². The van der Waals surface area contributed by atoms with Gasteiger partial charge in [-0.25, -0.2) is 4.98 Å². The molecule has 1 aromatic carbocycles. The number of aryl methyl sites for hydroxylation is 2. The Morgan fingerprint density at radius 1 is 1.29 bits per heavy atom. The van der Waals surface area contributed by atoms with Crippen molar-refractivity contribution in [2.45, 2.75) is 13.8 Å². The summed E-state index contributed by atoms with van der Waals surface area (Å²) in [7, 11) is 0. The number of aromatic nitrogens is 1. The number of hydrogen-bond donors (Lipinski definition) is 0. The van der Waals surface area contributed by atoms with E-state index in [0.29, 0.717) is 5.69 Å². The average molecular weight is 266 g/mol. The van der Waals surface area contributed by atoms with Crippen LogP contribution in [0.2, 0.25) is 0 Å². The lowest BCUT2D eigenvalue weighted by Crippen LogP contribution is -2.00. The minimum absolute atomic E-state index is 0.0178. The van der Waals surface area contributed by atoms with Crippen molar-refractivity contribution in [2.75, 3.05) is 5.88 Å². The molecule has 2 rings (SSSR count). The standard InChI is InChI=1S/C13H12ClNOS/c1-8-3-9(2)5-10(4-8)13-15-11(7-17-13)12(16)6-14/h3-5,7H,6H2,1-2H3. The Hall–Kier alpha value is -1.19. The van der Waals surface area contributed by atoms with Gasteiger partial charge in [0, 0.05) is 10.9 Å². The zero-order valence-electron chi connectivity index (χ0n) is 9.66. The van der Waals surface area contributed by atoms with Crippen molar-refractivity contribution in [2.24, 2.45) is 0 Å². The van der Waals surface area contributed by atoms with Crippen LogP contribution in [-0.2, 0) is 0 Å². The summed E-state index contributed by atoms with van der Waals surface area (Å²) in [6.07, 6.45) is 0. The number of Topliss-reactive ketones (excluding diaryl/α,β-unsaturated/α-hetero) is 1. The SMILES string of the molecule is Cc1cc(C)cc(-c2nc(C(=O)CCl)cs2)c1. The van der Waals surface area contributed by atoms with Gasteiger partial charge < -0.3 is 0 Å². The molecule has 0 spiro atoms. The van der Waals surface area contributed by atoms with E-state index in [0.717, 1.165) is 10.6 Å². The summed E-state index contributed by atoms with van der Waals surface area (Å²) in [6, 6.07) is 6.25. The molecule has 2 aromatic rings. The number of alkyl halides is 1. The van der Waals surface area contributed by atoms with Crippen molar-refractivity contribution in [3.63, 3.8) is 0 Å². The lowest BCUT2D eigenvalue weighted by Gasteiger charge is -2.01. The van der Waals surface area contributed by atoms with Crippen LogP contribution in [-0.4, -0.2) is 16.6 Å². The van der Waals surface area contributed by atoms with Gasteiger partial charge in [0.1, 0.15) is 10.7 Å². The summed E-state index contributed by atoms with van der Waals surface area (Å²) >= 11 is 6.98. The van der Waals surface area contributed by atoms with Gasteiger partial charge in [-0.15, -0.1) is 22.9 Å². The van der Waals surface area contributed by atoms with Gasteiger partial charge >= 0.3 is 0 Å². The predicted molar refractivity (Wildman–Crippen MR) is 72.1 cm³/mol. The first-order chi connectivity index (χ1) is 8.10. The highest BCUT2D eigenvalue weighted by molar-refractivity contribution is 7.13. The van der Waals surface area contributed by atoms with Gasteiger partial charge in [0.05, 0.1) is 5.88 Å². The van der Waals surface area contributed by atoms with Crippen LogP contribution in [0.5, 0.6) is 0 Å². The van der Waals surface area contributed by atoms with Crippen molar-refractivity contribution < 1.29 is 4.79 Å². The zero-order valence-corrected chi connectivity index (χ0v) is 11.2. The highest BCUT2D eigenvalue weighted by Gasteiger charge is 2.11. The van der Waals surface area contributed by atoms with Gasteiger partial charge in [-0.3, -0.25) is 4.79 Å². The molecule has 0 bridgehead atoms. The number of thiazole rings is 1. The van der Waals surface area contributed by atoms with E-state index in [4.69, 9.17) is 11.6 Å². The smallest absolute Gasteiger partial charge is 0.196 e. The number of nitrogens with zero attached hydrogens (tertiary/aromatic N) is 1. The summed E-state index contributed by atoms with van der Waals surface area (Å²) < 4.78 is 0. The topological polar surface area (TPSA) is 30.0 Å². The molecular weight excluding hydrogens is 254 g/mol. The lowest BCUT2D eigenvalue weighted by atomic mass is 10.1. The third-order valence-corrected chi connectivity index (χ3v) is 3.51. The van der Waals surface area contributed by atoms with E-state index in [9.17, 15) is 4.79 Å². The predicted octanol–water partition coefficient (Wildman–Crippen LogP) is 3.85. The highest BCUT2D eigenvalue weighted by Crippen LogP contribution is 2.26. The summed E-state index contributed by atoms with van der Waals surface area (Å²) in [6.45, 7) is 4.10. The van der Waals surface area contributed by atoms with Gasteiger partial charge in [0.15, 0.2) is 5.78 Å². The molecule has 0 aliphatic heterocycles. The Bertz CT molecular complexity index is 542. The first-order valence-electron chi connectivity index (χ1n) is 5.23. The van der Waals surface area contributed by atoms with Crippen LogP contribution in [0.1, 0.15) is 21.6 Å². The number of hydrogen-bond acceptors (Lipinski definition) is 3. The minimum atomic E-state index is -0.126. The van der Waals surface area contributed by atoms with Crippen LogP contribution >= 0.6 is 22.9 Å².